The number of rotatable bonds is 5. The molecule has 0 aromatic carbocycles. The Bertz CT molecular complexity index is 571. The summed E-state index contributed by atoms with van der Waals surface area (Å²) >= 11 is 0. The van der Waals surface area contributed by atoms with Crippen molar-refractivity contribution in [3.8, 4) is 0 Å². The van der Waals surface area contributed by atoms with E-state index in [-0.39, 0.29) is 12.5 Å². The van der Waals surface area contributed by atoms with Crippen LogP contribution in [0.25, 0.3) is 0 Å². The van der Waals surface area contributed by atoms with Crippen molar-refractivity contribution < 1.29 is 34.2 Å². The van der Waals surface area contributed by atoms with Gasteiger partial charge in [-0.2, -0.15) is 21.6 Å². The van der Waals surface area contributed by atoms with Crippen LogP contribution in [0.3, 0.4) is 0 Å². The van der Waals surface area contributed by atoms with Crippen LogP contribution in [0.15, 0.2) is 0 Å². The van der Waals surface area contributed by atoms with E-state index in [9.17, 15) is 30.0 Å². The Morgan fingerprint density at radius 2 is 1.75 bits per heavy atom. The zero-order valence-corrected chi connectivity index (χ0v) is 11.9. The lowest BCUT2D eigenvalue weighted by molar-refractivity contribution is -0.0442. The summed E-state index contributed by atoms with van der Waals surface area (Å²) < 4.78 is 85.0. The second kappa shape index (κ2) is 5.11. The molecule has 0 saturated heterocycles. The molecule has 3 unspecified atom stereocenters. The lowest BCUT2D eigenvalue weighted by Gasteiger charge is -2.21. The Labute approximate surface area is 115 Å². The van der Waals surface area contributed by atoms with Crippen molar-refractivity contribution in [1.29, 1.82) is 0 Å². The third kappa shape index (κ3) is 3.43. The number of hydrogen-bond acceptors (Lipinski definition) is 5. The van der Waals surface area contributed by atoms with Crippen LogP contribution >= 0.6 is 0 Å². The number of halogens is 3. The molecule has 2 aliphatic rings. The Balaban J connectivity index is 1.92. The molecule has 6 nitrogen and oxygen atoms in total. The number of sulfonamides is 1. The van der Waals surface area contributed by atoms with Crippen LogP contribution in [-0.2, 0) is 24.5 Å². The first kappa shape index (κ1) is 16.0. The predicted octanol–water partition coefficient (Wildman–Crippen LogP) is 1.12. The highest BCUT2D eigenvalue weighted by Crippen LogP contribution is 2.48. The average molecular weight is 337 g/mol. The Morgan fingerprint density at radius 3 is 2.20 bits per heavy atom. The number of alkyl halides is 3. The monoisotopic (exact) mass is 337 g/mol. The maximum atomic E-state index is 12.1. The molecule has 2 saturated carbocycles. The van der Waals surface area contributed by atoms with Crippen LogP contribution in [-0.4, -0.2) is 29.0 Å². The maximum absolute atomic E-state index is 12.1. The van der Waals surface area contributed by atoms with Gasteiger partial charge in [-0.25, -0.2) is 8.42 Å². The molecule has 2 aliphatic carbocycles. The van der Waals surface area contributed by atoms with Crippen molar-refractivity contribution in [3.05, 3.63) is 0 Å². The lowest BCUT2D eigenvalue weighted by atomic mass is 9.90. The van der Waals surface area contributed by atoms with E-state index < -0.39 is 25.8 Å². The van der Waals surface area contributed by atoms with Crippen molar-refractivity contribution in [2.24, 2.45) is 17.8 Å². The molecule has 2 bridgehead atoms. The SMILES string of the molecule is O=S(=O)(NS(=O)(=O)C(F)(F)F)OCC1CC2CCC1C2. The molecule has 0 aliphatic heterocycles. The summed E-state index contributed by atoms with van der Waals surface area (Å²) in [5.74, 6) is 0.788. The smallest absolute Gasteiger partial charge is 0.257 e. The maximum Gasteiger partial charge on any atom is 0.512 e. The molecule has 0 amide bonds. The fraction of sp³-hybridized carbons (Fsp3) is 1.00. The fourth-order valence-corrected chi connectivity index (χ4v) is 4.96. The standard InChI is InChI=1S/C9H14F3NO5S2/c10-9(11,12)19(14,15)13-20(16,17)18-5-8-4-6-1-2-7(8)3-6/h6-8,13H,1-5H2. The molecule has 0 aromatic rings. The molecule has 2 rings (SSSR count). The largest absolute Gasteiger partial charge is 0.512 e. The van der Waals surface area contributed by atoms with Gasteiger partial charge in [0.05, 0.1) is 6.61 Å². The fourth-order valence-electron chi connectivity index (χ4n) is 2.96. The molecule has 11 heteroatoms. The first-order valence-corrected chi connectivity index (χ1v) is 8.88. The summed E-state index contributed by atoms with van der Waals surface area (Å²) in [4.78, 5) is 0. The van der Waals surface area contributed by atoms with Crippen LogP contribution in [0.4, 0.5) is 13.2 Å². The molecule has 0 radical (unpaired) electrons. The quantitative estimate of drug-likeness (QED) is 0.812. The van der Waals surface area contributed by atoms with Gasteiger partial charge in [0.1, 0.15) is 0 Å². The van der Waals surface area contributed by atoms with Gasteiger partial charge >= 0.3 is 25.8 Å². The minimum absolute atomic E-state index is 0.0427. The molecular formula is C9H14F3NO5S2. The summed E-state index contributed by atoms with van der Waals surface area (Å²) in [6, 6.07) is 0. The van der Waals surface area contributed by atoms with E-state index in [1.54, 1.807) is 0 Å². The lowest BCUT2D eigenvalue weighted by Crippen LogP contribution is -2.41. The minimum Gasteiger partial charge on any atom is -0.257 e. The highest BCUT2D eigenvalue weighted by Gasteiger charge is 2.49. The number of nitrogens with one attached hydrogen (secondary N) is 1. The first-order chi connectivity index (χ1) is 9.00. The molecule has 0 spiro atoms. The van der Waals surface area contributed by atoms with Crippen molar-refractivity contribution in [2.45, 2.75) is 31.2 Å². The molecule has 118 valence electrons. The van der Waals surface area contributed by atoms with Gasteiger partial charge in [0, 0.05) is 0 Å². The van der Waals surface area contributed by atoms with E-state index in [0.717, 1.165) is 25.7 Å². The Morgan fingerprint density at radius 1 is 1.10 bits per heavy atom. The van der Waals surface area contributed by atoms with Gasteiger partial charge in [0.2, 0.25) is 0 Å². The zero-order chi connectivity index (χ0) is 15.2. The topological polar surface area (TPSA) is 89.5 Å². The summed E-state index contributed by atoms with van der Waals surface area (Å²) in [6.45, 7) is -0.288. The third-order valence-corrected chi connectivity index (χ3v) is 6.59. The summed E-state index contributed by atoms with van der Waals surface area (Å²) in [5, 5.41) is 0. The van der Waals surface area contributed by atoms with Crippen molar-refractivity contribution in [3.63, 3.8) is 0 Å². The Kier molecular flexibility index (Phi) is 4.08. The van der Waals surface area contributed by atoms with E-state index in [4.69, 9.17) is 0 Å². The van der Waals surface area contributed by atoms with Gasteiger partial charge in [-0.1, -0.05) is 10.5 Å². The Hall–Kier alpha value is -0.390. The summed E-state index contributed by atoms with van der Waals surface area (Å²) in [6.07, 6.45) is 3.77. The molecular weight excluding hydrogens is 323 g/mol. The van der Waals surface area contributed by atoms with Crippen molar-refractivity contribution >= 4 is 20.3 Å². The first-order valence-electron chi connectivity index (χ1n) is 5.99. The highest BCUT2D eigenvalue weighted by atomic mass is 32.3. The number of fused-ring (bicyclic) bond motifs is 2. The molecule has 20 heavy (non-hydrogen) atoms. The van der Waals surface area contributed by atoms with E-state index in [0.29, 0.717) is 16.0 Å². The van der Waals surface area contributed by atoms with E-state index in [1.165, 1.54) is 0 Å². The van der Waals surface area contributed by atoms with Crippen molar-refractivity contribution in [1.82, 2.24) is 4.13 Å². The van der Waals surface area contributed by atoms with Gasteiger partial charge in [0.15, 0.2) is 0 Å². The van der Waals surface area contributed by atoms with Crippen LogP contribution in [0.5, 0.6) is 0 Å². The van der Waals surface area contributed by atoms with Gasteiger partial charge in [-0.3, -0.25) is 4.18 Å². The third-order valence-electron chi connectivity index (χ3n) is 3.84. The minimum atomic E-state index is -5.97. The molecule has 0 aromatic heterocycles. The number of hydrogen-bond donors (Lipinski definition) is 1. The van der Waals surface area contributed by atoms with Gasteiger partial charge in [-0.05, 0) is 37.0 Å². The zero-order valence-electron chi connectivity index (χ0n) is 10.3. The summed E-state index contributed by atoms with van der Waals surface area (Å²) in [5.41, 5.74) is -5.70. The second-order valence-electron chi connectivity index (χ2n) is 5.21. The van der Waals surface area contributed by atoms with Crippen molar-refractivity contribution in [2.75, 3.05) is 6.61 Å². The van der Waals surface area contributed by atoms with E-state index in [1.807, 2.05) is 0 Å². The molecule has 2 fully saturated rings. The van der Waals surface area contributed by atoms with E-state index in [2.05, 4.69) is 4.18 Å². The second-order valence-corrected chi connectivity index (χ2v) is 8.49. The van der Waals surface area contributed by atoms with Crippen LogP contribution < -0.4 is 4.13 Å². The van der Waals surface area contributed by atoms with Gasteiger partial charge in [-0.15, -0.1) is 0 Å². The molecule has 0 heterocycles. The van der Waals surface area contributed by atoms with Crippen LogP contribution in [0.1, 0.15) is 25.7 Å². The average Bonchev–Trinajstić information content (AvgIpc) is 2.84. The molecule has 3 atom stereocenters. The van der Waals surface area contributed by atoms with E-state index >= 15 is 0 Å². The molecule has 1 N–H and O–H groups in total. The van der Waals surface area contributed by atoms with Gasteiger partial charge < -0.3 is 0 Å². The van der Waals surface area contributed by atoms with Gasteiger partial charge in [0.25, 0.3) is 0 Å². The normalized spacial score (nSPS) is 30.9. The summed E-state index contributed by atoms with van der Waals surface area (Å²) in [7, 11) is -11.0. The predicted molar refractivity (Wildman–Crippen MR) is 61.9 cm³/mol. The highest BCUT2D eigenvalue weighted by molar-refractivity contribution is 8.03. The van der Waals surface area contributed by atoms with Crippen LogP contribution in [0.2, 0.25) is 0 Å². The van der Waals surface area contributed by atoms with Crippen LogP contribution in [0, 0.1) is 17.8 Å².